The van der Waals surface area contributed by atoms with Gasteiger partial charge in [0.2, 0.25) is 5.91 Å². The van der Waals surface area contributed by atoms with Gasteiger partial charge in [-0.1, -0.05) is 24.3 Å². The number of carbonyl (C=O) groups is 2. The molecule has 1 N–H and O–H groups in total. The summed E-state index contributed by atoms with van der Waals surface area (Å²) < 4.78 is 6.74. The van der Waals surface area contributed by atoms with Crippen molar-refractivity contribution in [2.24, 2.45) is 0 Å². The van der Waals surface area contributed by atoms with Crippen molar-refractivity contribution in [2.45, 2.75) is 13.3 Å². The highest BCUT2D eigenvalue weighted by Gasteiger charge is 2.14. The summed E-state index contributed by atoms with van der Waals surface area (Å²) in [5.74, 6) is 0.130. The van der Waals surface area contributed by atoms with Crippen molar-refractivity contribution in [1.82, 2.24) is 14.5 Å². The van der Waals surface area contributed by atoms with Gasteiger partial charge in [0.25, 0.3) is 0 Å². The smallest absolute Gasteiger partial charge is 0.339 e. The Morgan fingerprint density at radius 1 is 1.03 bits per heavy atom. The number of carbonyl (C=O) groups excluding carboxylic acids is 2. The summed E-state index contributed by atoms with van der Waals surface area (Å²) in [5, 5.41) is 2.78. The predicted molar refractivity (Wildman–Crippen MR) is 114 cm³/mol. The SMILES string of the molecule is COC(=O)c1ccccc1NC(=O)Cc1ccc(-n2c(C)nc3cccnc32)cc1. The number of rotatable bonds is 5. The van der Waals surface area contributed by atoms with E-state index in [0.29, 0.717) is 11.3 Å². The number of esters is 1. The molecule has 0 atom stereocenters. The summed E-state index contributed by atoms with van der Waals surface area (Å²) in [6, 6.07) is 18.2. The molecule has 2 aromatic heterocycles. The number of nitrogens with one attached hydrogen (secondary N) is 1. The van der Waals surface area contributed by atoms with E-state index < -0.39 is 5.97 Å². The lowest BCUT2D eigenvalue weighted by Gasteiger charge is -2.10. The van der Waals surface area contributed by atoms with Crippen molar-refractivity contribution in [3.63, 3.8) is 0 Å². The topological polar surface area (TPSA) is 86.1 Å². The Morgan fingerprint density at radius 2 is 1.80 bits per heavy atom. The molecule has 2 heterocycles. The maximum Gasteiger partial charge on any atom is 0.339 e. The van der Waals surface area contributed by atoms with Gasteiger partial charge in [0.1, 0.15) is 11.3 Å². The Morgan fingerprint density at radius 3 is 2.57 bits per heavy atom. The minimum Gasteiger partial charge on any atom is -0.465 e. The molecule has 7 nitrogen and oxygen atoms in total. The van der Waals surface area contributed by atoms with E-state index in [-0.39, 0.29) is 12.3 Å². The minimum absolute atomic E-state index is 0.178. The molecule has 0 aliphatic carbocycles. The third-order valence-corrected chi connectivity index (χ3v) is 4.75. The predicted octanol–water partition coefficient (Wildman–Crippen LogP) is 3.70. The average molecular weight is 400 g/mol. The van der Waals surface area contributed by atoms with E-state index >= 15 is 0 Å². The number of aromatic nitrogens is 3. The van der Waals surface area contributed by atoms with Crippen molar-refractivity contribution in [3.8, 4) is 5.69 Å². The molecule has 30 heavy (non-hydrogen) atoms. The van der Waals surface area contributed by atoms with Gasteiger partial charge >= 0.3 is 5.97 Å². The zero-order chi connectivity index (χ0) is 21.1. The Bertz CT molecular complexity index is 1230. The van der Waals surface area contributed by atoms with Crippen LogP contribution in [0.1, 0.15) is 21.7 Å². The van der Waals surface area contributed by atoms with E-state index in [1.165, 1.54) is 7.11 Å². The number of ether oxygens (including phenoxy) is 1. The van der Waals surface area contributed by atoms with Crippen LogP contribution in [0.3, 0.4) is 0 Å². The maximum atomic E-state index is 12.5. The first-order valence-corrected chi connectivity index (χ1v) is 9.43. The summed E-state index contributed by atoms with van der Waals surface area (Å²) in [6.07, 6.45) is 1.92. The fourth-order valence-corrected chi connectivity index (χ4v) is 3.36. The molecule has 4 aromatic rings. The third kappa shape index (κ3) is 3.77. The molecular weight excluding hydrogens is 380 g/mol. The van der Waals surface area contributed by atoms with Crippen molar-refractivity contribution in [2.75, 3.05) is 12.4 Å². The zero-order valence-corrected chi connectivity index (χ0v) is 16.6. The van der Waals surface area contributed by atoms with Crippen LogP contribution < -0.4 is 5.32 Å². The summed E-state index contributed by atoms with van der Waals surface area (Å²) in [6.45, 7) is 1.93. The van der Waals surface area contributed by atoms with Crippen LogP contribution in [0, 0.1) is 6.92 Å². The molecule has 4 rings (SSSR count). The Labute approximate surface area is 173 Å². The van der Waals surface area contributed by atoms with E-state index in [1.54, 1.807) is 30.5 Å². The second-order valence-corrected chi connectivity index (χ2v) is 6.77. The van der Waals surface area contributed by atoms with Crippen LogP contribution in [-0.4, -0.2) is 33.5 Å². The molecule has 150 valence electrons. The van der Waals surface area contributed by atoms with E-state index in [1.807, 2.05) is 47.9 Å². The first kappa shape index (κ1) is 19.3. The average Bonchev–Trinajstić information content (AvgIpc) is 3.10. The molecule has 0 radical (unpaired) electrons. The summed E-state index contributed by atoms with van der Waals surface area (Å²) in [5.41, 5.74) is 4.15. The van der Waals surface area contributed by atoms with Crippen molar-refractivity contribution in [3.05, 3.63) is 83.8 Å². The number of pyridine rings is 1. The summed E-state index contributed by atoms with van der Waals surface area (Å²) >= 11 is 0. The molecular formula is C23H20N4O3. The number of hydrogen-bond acceptors (Lipinski definition) is 5. The molecule has 0 fully saturated rings. The number of aryl methyl sites for hydroxylation is 1. The molecule has 1 amide bonds. The second kappa shape index (κ2) is 8.16. The number of benzene rings is 2. The summed E-state index contributed by atoms with van der Waals surface area (Å²) in [4.78, 5) is 33.3. The van der Waals surface area contributed by atoms with Gasteiger partial charge in [0.15, 0.2) is 5.65 Å². The Kier molecular flexibility index (Phi) is 5.26. The third-order valence-electron chi connectivity index (χ3n) is 4.75. The normalized spacial score (nSPS) is 10.7. The van der Waals surface area contributed by atoms with E-state index in [9.17, 15) is 9.59 Å². The highest BCUT2D eigenvalue weighted by Crippen LogP contribution is 2.20. The largest absolute Gasteiger partial charge is 0.465 e. The van der Waals surface area contributed by atoms with Crippen LogP contribution in [0.25, 0.3) is 16.9 Å². The number of fused-ring (bicyclic) bond motifs is 1. The van der Waals surface area contributed by atoms with Crippen molar-refractivity contribution in [1.29, 1.82) is 0 Å². The molecule has 0 aliphatic heterocycles. The van der Waals surface area contributed by atoms with Crippen LogP contribution in [0.15, 0.2) is 66.9 Å². The van der Waals surface area contributed by atoms with E-state index in [4.69, 9.17) is 4.74 Å². The minimum atomic E-state index is -0.494. The van der Waals surface area contributed by atoms with Crippen molar-refractivity contribution < 1.29 is 14.3 Å². The van der Waals surface area contributed by atoms with Crippen molar-refractivity contribution >= 4 is 28.7 Å². The fraction of sp³-hybridized carbons (Fsp3) is 0.130. The quantitative estimate of drug-likeness (QED) is 0.516. The van der Waals surface area contributed by atoms with Crippen LogP contribution >= 0.6 is 0 Å². The monoisotopic (exact) mass is 400 g/mol. The lowest BCUT2D eigenvalue weighted by molar-refractivity contribution is -0.115. The molecule has 0 saturated carbocycles. The second-order valence-electron chi connectivity index (χ2n) is 6.77. The molecule has 0 unspecified atom stereocenters. The number of amides is 1. The molecule has 7 heteroatoms. The van der Waals surface area contributed by atoms with E-state index in [0.717, 1.165) is 28.2 Å². The Hall–Kier alpha value is -4.00. The Balaban J connectivity index is 1.51. The molecule has 0 saturated heterocycles. The van der Waals surface area contributed by atoms with Crippen LogP contribution in [-0.2, 0) is 16.0 Å². The summed E-state index contributed by atoms with van der Waals surface area (Å²) in [7, 11) is 1.31. The van der Waals surface area contributed by atoms with Gasteiger partial charge in [-0.3, -0.25) is 9.36 Å². The molecule has 0 spiro atoms. The lowest BCUT2D eigenvalue weighted by atomic mass is 10.1. The van der Waals surface area contributed by atoms with Gasteiger partial charge in [-0.05, 0) is 48.9 Å². The molecule has 0 bridgehead atoms. The number of methoxy groups -OCH3 is 1. The first-order chi connectivity index (χ1) is 14.6. The van der Waals surface area contributed by atoms with Crippen LogP contribution in [0.2, 0.25) is 0 Å². The number of hydrogen-bond donors (Lipinski definition) is 1. The van der Waals surface area contributed by atoms with Crippen LogP contribution in [0.5, 0.6) is 0 Å². The van der Waals surface area contributed by atoms with Gasteiger partial charge in [0, 0.05) is 11.9 Å². The number of para-hydroxylation sites is 1. The highest BCUT2D eigenvalue weighted by molar-refractivity contribution is 6.01. The highest BCUT2D eigenvalue weighted by atomic mass is 16.5. The van der Waals surface area contributed by atoms with Gasteiger partial charge in [-0.2, -0.15) is 0 Å². The standard InChI is InChI=1S/C23H20N4O3/c1-15-25-20-8-5-13-24-22(20)27(15)17-11-9-16(10-12-17)14-21(28)26-19-7-4-3-6-18(19)23(29)30-2/h3-13H,14H2,1-2H3,(H,26,28). The fourth-order valence-electron chi connectivity index (χ4n) is 3.36. The van der Waals surface area contributed by atoms with Gasteiger partial charge < -0.3 is 10.1 Å². The van der Waals surface area contributed by atoms with E-state index in [2.05, 4.69) is 15.3 Å². The number of anilines is 1. The first-order valence-electron chi connectivity index (χ1n) is 9.43. The lowest BCUT2D eigenvalue weighted by Crippen LogP contribution is -2.17. The maximum absolute atomic E-state index is 12.5. The number of imidazole rings is 1. The molecule has 0 aliphatic rings. The number of nitrogens with zero attached hydrogens (tertiary/aromatic N) is 3. The van der Waals surface area contributed by atoms with Gasteiger partial charge in [0.05, 0.1) is 24.8 Å². The van der Waals surface area contributed by atoms with Gasteiger partial charge in [-0.15, -0.1) is 0 Å². The van der Waals surface area contributed by atoms with Gasteiger partial charge in [-0.25, -0.2) is 14.8 Å². The molecule has 2 aromatic carbocycles. The van der Waals surface area contributed by atoms with Crippen LogP contribution in [0.4, 0.5) is 5.69 Å². The zero-order valence-electron chi connectivity index (χ0n) is 16.6.